The van der Waals surface area contributed by atoms with Crippen molar-refractivity contribution >= 4 is 35.2 Å². The Hall–Kier alpha value is -2.47. The highest BCUT2D eigenvalue weighted by atomic mass is 32.1. The van der Waals surface area contributed by atoms with Gasteiger partial charge in [-0.05, 0) is 23.8 Å². The van der Waals surface area contributed by atoms with Crippen LogP contribution in [-0.2, 0) is 9.53 Å². The number of esters is 1. The number of ketones is 1. The first-order valence-corrected chi connectivity index (χ1v) is 8.18. The van der Waals surface area contributed by atoms with E-state index in [1.54, 1.807) is 30.3 Å². The van der Waals surface area contributed by atoms with Crippen LogP contribution in [-0.4, -0.2) is 23.8 Å². The topological polar surface area (TPSA) is 76.2 Å². The molecule has 0 fully saturated rings. The van der Waals surface area contributed by atoms with Crippen molar-refractivity contribution in [2.45, 2.75) is 20.8 Å². The molecule has 5 nitrogen and oxygen atoms in total. The van der Waals surface area contributed by atoms with Gasteiger partial charge in [-0.2, -0.15) is 0 Å². The highest BCUT2D eigenvalue weighted by molar-refractivity contribution is 7.07. The van der Waals surface area contributed by atoms with Crippen LogP contribution in [0.3, 0.4) is 0 Å². The molecule has 2 aromatic rings. The zero-order valence-corrected chi connectivity index (χ0v) is 14.8. The van der Waals surface area contributed by atoms with E-state index < -0.39 is 11.4 Å². The quantitative estimate of drug-likeness (QED) is 0.854. The van der Waals surface area contributed by atoms with Crippen LogP contribution in [0.4, 0.5) is 0 Å². The number of benzene rings is 1. The van der Waals surface area contributed by atoms with Crippen molar-refractivity contribution in [2.24, 2.45) is 5.41 Å². The third-order valence-electron chi connectivity index (χ3n) is 3.31. The van der Waals surface area contributed by atoms with Crippen LogP contribution in [0.25, 0.3) is 12.2 Å². The summed E-state index contributed by atoms with van der Waals surface area (Å²) >= 11 is 1.22. The predicted octanol–water partition coefficient (Wildman–Crippen LogP) is 1.45. The minimum Gasteiger partial charge on any atom is -0.465 e. The number of ether oxygens (including phenoxy) is 1. The van der Waals surface area contributed by atoms with Crippen LogP contribution in [0.2, 0.25) is 0 Å². The van der Waals surface area contributed by atoms with Crippen molar-refractivity contribution in [2.75, 3.05) is 7.11 Å². The van der Waals surface area contributed by atoms with E-state index in [-0.39, 0.29) is 11.3 Å². The van der Waals surface area contributed by atoms with Gasteiger partial charge in [0.2, 0.25) is 0 Å². The molecule has 126 valence electrons. The van der Waals surface area contributed by atoms with Gasteiger partial charge in [-0.25, -0.2) is 4.79 Å². The van der Waals surface area contributed by atoms with Gasteiger partial charge in [0.05, 0.1) is 21.9 Å². The van der Waals surface area contributed by atoms with E-state index in [0.717, 1.165) is 5.56 Å². The fourth-order valence-corrected chi connectivity index (χ4v) is 2.73. The summed E-state index contributed by atoms with van der Waals surface area (Å²) in [6, 6.07) is 6.73. The number of aromatic amines is 1. The van der Waals surface area contributed by atoms with E-state index in [1.165, 1.54) is 24.5 Å². The summed E-state index contributed by atoms with van der Waals surface area (Å²) in [5.74, 6) is -0.456. The van der Waals surface area contributed by atoms with Gasteiger partial charge in [-0.15, -0.1) is 11.3 Å². The first kappa shape index (κ1) is 17.9. The lowest BCUT2D eigenvalue weighted by atomic mass is 9.91. The molecule has 0 radical (unpaired) electrons. The third kappa shape index (κ3) is 4.29. The highest BCUT2D eigenvalue weighted by Crippen LogP contribution is 2.14. The van der Waals surface area contributed by atoms with Gasteiger partial charge in [0.25, 0.3) is 5.56 Å². The predicted molar refractivity (Wildman–Crippen MR) is 94.5 cm³/mol. The molecule has 0 amide bonds. The molecule has 0 saturated carbocycles. The number of rotatable bonds is 3. The molecule has 0 unspecified atom stereocenters. The lowest BCUT2D eigenvalue weighted by Crippen LogP contribution is -2.22. The monoisotopic (exact) mass is 345 g/mol. The second-order valence-corrected chi connectivity index (χ2v) is 7.38. The van der Waals surface area contributed by atoms with Crippen molar-refractivity contribution in [3.63, 3.8) is 0 Å². The number of carbonyl (C=O) groups excluding carboxylic acids is 2. The Balaban J connectivity index is 2.38. The summed E-state index contributed by atoms with van der Waals surface area (Å²) in [4.78, 5) is 38.1. The lowest BCUT2D eigenvalue weighted by molar-refractivity contribution is -0.119. The van der Waals surface area contributed by atoms with Crippen LogP contribution in [0, 0.1) is 5.41 Å². The fourth-order valence-electron chi connectivity index (χ4n) is 1.84. The molecule has 0 bridgehead atoms. The standard InChI is InChI=1S/C18H19NO4S/c1-18(2,3)14(20)10-15-19-16(21)13(24-15)9-11-5-7-12(8-6-11)17(22)23-4/h5-10H,1-4H3,(H,19,21)/b13-9+,15-10+. The van der Waals surface area contributed by atoms with Crippen molar-refractivity contribution < 1.29 is 14.3 Å². The smallest absolute Gasteiger partial charge is 0.337 e. The first-order valence-electron chi connectivity index (χ1n) is 7.36. The molecule has 0 aliphatic heterocycles. The van der Waals surface area contributed by atoms with Crippen LogP contribution in [0.5, 0.6) is 0 Å². The maximum absolute atomic E-state index is 12.0. The molecule has 24 heavy (non-hydrogen) atoms. The van der Waals surface area contributed by atoms with E-state index >= 15 is 0 Å². The Morgan fingerprint density at radius 3 is 2.33 bits per heavy atom. The lowest BCUT2D eigenvalue weighted by Gasteiger charge is -2.12. The summed E-state index contributed by atoms with van der Waals surface area (Å²) in [6.07, 6.45) is 3.17. The van der Waals surface area contributed by atoms with Gasteiger partial charge in [0.15, 0.2) is 5.78 Å². The second-order valence-electron chi connectivity index (χ2n) is 6.30. The van der Waals surface area contributed by atoms with Gasteiger partial charge in [-0.1, -0.05) is 32.9 Å². The number of hydrogen-bond donors (Lipinski definition) is 1. The van der Waals surface area contributed by atoms with Crippen LogP contribution >= 0.6 is 11.3 Å². The number of carbonyl (C=O) groups is 2. The van der Waals surface area contributed by atoms with Crippen LogP contribution < -0.4 is 14.8 Å². The minimum atomic E-state index is -0.492. The van der Waals surface area contributed by atoms with Gasteiger partial charge >= 0.3 is 5.97 Å². The molecule has 0 atom stereocenters. The largest absolute Gasteiger partial charge is 0.465 e. The average Bonchev–Trinajstić information content (AvgIpc) is 2.86. The summed E-state index contributed by atoms with van der Waals surface area (Å²) in [5, 5.41) is 0. The van der Waals surface area contributed by atoms with Gasteiger partial charge in [0.1, 0.15) is 0 Å². The normalized spacial score (nSPS) is 13.2. The van der Waals surface area contributed by atoms with Crippen LogP contribution in [0.1, 0.15) is 36.7 Å². The Morgan fingerprint density at radius 2 is 1.79 bits per heavy atom. The van der Waals surface area contributed by atoms with E-state index in [0.29, 0.717) is 14.8 Å². The maximum atomic E-state index is 12.0. The molecule has 0 aliphatic carbocycles. The number of hydrogen-bond acceptors (Lipinski definition) is 5. The molecule has 6 heteroatoms. The summed E-state index contributed by atoms with van der Waals surface area (Å²) < 4.78 is 5.66. The summed E-state index contributed by atoms with van der Waals surface area (Å²) in [7, 11) is 1.32. The number of Topliss-reactive ketones (excluding diaryl/α,β-unsaturated/α-hetero) is 1. The molecule has 0 aliphatic rings. The first-order chi connectivity index (χ1) is 11.2. The number of methoxy groups -OCH3 is 1. The molecule has 0 saturated heterocycles. The van der Waals surface area contributed by atoms with E-state index in [4.69, 9.17) is 0 Å². The fraction of sp³-hybridized carbons (Fsp3) is 0.278. The number of H-pyrrole nitrogens is 1. The molecular weight excluding hydrogens is 326 g/mol. The van der Waals surface area contributed by atoms with Crippen molar-refractivity contribution in [1.82, 2.24) is 4.98 Å². The van der Waals surface area contributed by atoms with E-state index in [2.05, 4.69) is 9.72 Å². The van der Waals surface area contributed by atoms with Crippen molar-refractivity contribution in [3.05, 3.63) is 54.9 Å². The molecule has 2 rings (SSSR count). The zero-order valence-electron chi connectivity index (χ0n) is 14.0. The molecule has 0 spiro atoms. The SMILES string of the molecule is COC(=O)c1ccc(/C=c2/s/c(=C/C(=O)C(C)(C)C)[nH]c2=O)cc1. The Morgan fingerprint density at radius 1 is 1.17 bits per heavy atom. The maximum Gasteiger partial charge on any atom is 0.337 e. The van der Waals surface area contributed by atoms with E-state index in [9.17, 15) is 14.4 Å². The Kier molecular flexibility index (Phi) is 5.19. The van der Waals surface area contributed by atoms with Gasteiger partial charge in [0, 0.05) is 11.5 Å². The van der Waals surface area contributed by atoms with E-state index in [1.807, 2.05) is 20.8 Å². The third-order valence-corrected chi connectivity index (χ3v) is 4.27. The molecular formula is C18H19NO4S. The second kappa shape index (κ2) is 6.97. The summed E-state index contributed by atoms with van der Waals surface area (Å²) in [6.45, 7) is 5.48. The number of nitrogens with one attached hydrogen (secondary N) is 1. The molecule has 1 aromatic heterocycles. The molecule has 1 aromatic carbocycles. The minimum absolute atomic E-state index is 0.0472. The highest BCUT2D eigenvalue weighted by Gasteiger charge is 2.18. The molecule has 1 N–H and O–H groups in total. The number of thiazole rings is 1. The van der Waals surface area contributed by atoms with Crippen molar-refractivity contribution in [3.8, 4) is 0 Å². The summed E-state index contributed by atoms with van der Waals surface area (Å²) in [5.41, 5.74) is 0.488. The van der Waals surface area contributed by atoms with Gasteiger partial charge < -0.3 is 9.72 Å². The Labute approximate surface area is 143 Å². The average molecular weight is 345 g/mol. The number of aromatic nitrogens is 1. The van der Waals surface area contributed by atoms with Gasteiger partial charge in [-0.3, -0.25) is 9.59 Å². The van der Waals surface area contributed by atoms with Crippen LogP contribution in [0.15, 0.2) is 29.1 Å². The van der Waals surface area contributed by atoms with Crippen molar-refractivity contribution in [1.29, 1.82) is 0 Å². The Bertz CT molecular complexity index is 927. The zero-order chi connectivity index (χ0) is 17.9. The molecule has 1 heterocycles.